The Hall–Kier alpha value is -2.30. The molecule has 0 unspecified atom stereocenters. The average molecular weight is 361 g/mol. The van der Waals surface area contributed by atoms with Crippen LogP contribution in [0, 0.1) is 6.92 Å². The third-order valence-corrected chi connectivity index (χ3v) is 4.19. The van der Waals surface area contributed by atoms with E-state index in [1.54, 1.807) is 30.3 Å². The third kappa shape index (κ3) is 3.30. The second-order valence-corrected chi connectivity index (χ2v) is 6.18. The molecule has 3 rings (SSSR count). The fourth-order valence-corrected chi connectivity index (χ4v) is 2.92. The van der Waals surface area contributed by atoms with Crippen LogP contribution in [0.1, 0.15) is 21.6 Å². The molecule has 0 bridgehead atoms. The zero-order valence-corrected chi connectivity index (χ0v) is 14.4. The van der Waals surface area contributed by atoms with Gasteiger partial charge in [0.25, 0.3) is 0 Å². The molecule has 0 saturated heterocycles. The molecule has 1 heterocycles. The fourth-order valence-electron chi connectivity index (χ4n) is 2.35. The Labute approximate surface area is 149 Å². The number of aryl methyl sites for hydroxylation is 1. The van der Waals surface area contributed by atoms with Gasteiger partial charge in [-0.3, -0.25) is 4.79 Å². The van der Waals surface area contributed by atoms with Crippen LogP contribution in [-0.4, -0.2) is 10.9 Å². The molecule has 3 aromatic rings. The summed E-state index contributed by atoms with van der Waals surface area (Å²) in [5, 5.41) is 1.71. The van der Waals surface area contributed by atoms with Gasteiger partial charge < -0.3 is 10.5 Å². The highest BCUT2D eigenvalue weighted by atomic mass is 35.5. The maximum absolute atomic E-state index is 11.1. The summed E-state index contributed by atoms with van der Waals surface area (Å²) >= 11 is 12.5. The van der Waals surface area contributed by atoms with Crippen LogP contribution >= 0.6 is 23.2 Å². The molecule has 0 fully saturated rings. The lowest BCUT2D eigenvalue weighted by Gasteiger charge is -2.12. The molecule has 0 aliphatic heterocycles. The van der Waals surface area contributed by atoms with Crippen molar-refractivity contribution >= 4 is 40.0 Å². The van der Waals surface area contributed by atoms with Gasteiger partial charge in [-0.05, 0) is 42.8 Å². The molecule has 0 aliphatic rings. The lowest BCUT2D eigenvalue weighted by Crippen LogP contribution is -2.10. The molecule has 0 spiro atoms. The molecule has 0 aliphatic carbocycles. The van der Waals surface area contributed by atoms with Gasteiger partial charge in [0.2, 0.25) is 5.91 Å². The first-order valence-electron chi connectivity index (χ1n) is 7.22. The van der Waals surface area contributed by atoms with Crippen LogP contribution in [0.15, 0.2) is 42.5 Å². The van der Waals surface area contributed by atoms with Crippen LogP contribution in [0.5, 0.6) is 5.75 Å². The number of rotatable bonds is 4. The molecule has 4 nitrogen and oxygen atoms in total. The van der Waals surface area contributed by atoms with Crippen molar-refractivity contribution in [2.24, 2.45) is 5.73 Å². The van der Waals surface area contributed by atoms with Crippen LogP contribution in [0.2, 0.25) is 10.0 Å². The van der Waals surface area contributed by atoms with Crippen molar-refractivity contribution in [3.8, 4) is 5.75 Å². The van der Waals surface area contributed by atoms with Crippen molar-refractivity contribution < 1.29 is 9.53 Å². The molecule has 1 aromatic heterocycles. The van der Waals surface area contributed by atoms with Crippen LogP contribution < -0.4 is 10.5 Å². The van der Waals surface area contributed by atoms with Crippen LogP contribution in [0.4, 0.5) is 0 Å². The Kier molecular flexibility index (Phi) is 4.60. The molecular formula is C18H14Cl2N2O2. The molecule has 2 aromatic carbocycles. The van der Waals surface area contributed by atoms with Gasteiger partial charge in [0.15, 0.2) is 5.75 Å². The lowest BCUT2D eigenvalue weighted by atomic mass is 10.1. The summed E-state index contributed by atoms with van der Waals surface area (Å²) in [6.45, 7) is 2.17. The molecule has 0 saturated carbocycles. The highest BCUT2D eigenvalue weighted by Crippen LogP contribution is 2.37. The number of ether oxygens (including phenoxy) is 1. The number of primary amides is 1. The van der Waals surface area contributed by atoms with Gasteiger partial charge in [0, 0.05) is 16.6 Å². The topological polar surface area (TPSA) is 65.2 Å². The van der Waals surface area contributed by atoms with E-state index >= 15 is 0 Å². The predicted octanol–water partition coefficient (Wildman–Crippen LogP) is 4.53. The first kappa shape index (κ1) is 16.6. The zero-order chi connectivity index (χ0) is 17.3. The van der Waals surface area contributed by atoms with E-state index in [0.29, 0.717) is 26.9 Å². The quantitative estimate of drug-likeness (QED) is 0.743. The molecule has 1 amide bonds. The van der Waals surface area contributed by atoms with Gasteiger partial charge in [-0.1, -0.05) is 35.3 Å². The van der Waals surface area contributed by atoms with Gasteiger partial charge in [-0.25, -0.2) is 4.98 Å². The van der Waals surface area contributed by atoms with Crippen molar-refractivity contribution in [3.63, 3.8) is 0 Å². The number of nitrogens with two attached hydrogens (primary N) is 1. The van der Waals surface area contributed by atoms with Crippen molar-refractivity contribution in [3.05, 3.63) is 69.3 Å². The van der Waals surface area contributed by atoms with E-state index in [4.69, 9.17) is 33.7 Å². The fraction of sp³-hybridized carbons (Fsp3) is 0.111. The van der Waals surface area contributed by atoms with Gasteiger partial charge in [0.1, 0.15) is 12.1 Å². The second kappa shape index (κ2) is 6.67. The summed E-state index contributed by atoms with van der Waals surface area (Å²) in [7, 11) is 0. The Balaban J connectivity index is 1.92. The summed E-state index contributed by atoms with van der Waals surface area (Å²) in [5.74, 6) is 0.0210. The Morgan fingerprint density at radius 3 is 2.50 bits per heavy atom. The molecule has 0 radical (unpaired) electrons. The van der Waals surface area contributed by atoms with Gasteiger partial charge in [-0.2, -0.15) is 0 Å². The smallest absolute Gasteiger partial charge is 0.248 e. The normalized spacial score (nSPS) is 10.8. The number of amides is 1. The number of carbonyl (C=O) groups is 1. The predicted molar refractivity (Wildman–Crippen MR) is 95.8 cm³/mol. The average Bonchev–Trinajstić information content (AvgIpc) is 2.54. The van der Waals surface area contributed by atoms with Crippen LogP contribution in [0.3, 0.4) is 0 Å². The number of benzene rings is 2. The van der Waals surface area contributed by atoms with E-state index in [9.17, 15) is 4.79 Å². The van der Waals surface area contributed by atoms with Gasteiger partial charge in [0.05, 0.1) is 10.0 Å². The third-order valence-electron chi connectivity index (χ3n) is 3.60. The maximum Gasteiger partial charge on any atom is 0.248 e. The highest BCUT2D eigenvalue weighted by Gasteiger charge is 2.13. The Bertz CT molecular complexity index is 924. The van der Waals surface area contributed by atoms with E-state index in [0.717, 1.165) is 16.6 Å². The van der Waals surface area contributed by atoms with Crippen LogP contribution in [0.25, 0.3) is 10.9 Å². The number of nitrogens with zero attached hydrogens (tertiary/aromatic N) is 1. The number of pyridine rings is 1. The van der Waals surface area contributed by atoms with E-state index in [1.807, 2.05) is 19.1 Å². The molecule has 24 heavy (non-hydrogen) atoms. The first-order valence-corrected chi connectivity index (χ1v) is 7.98. The maximum atomic E-state index is 11.1. The van der Waals surface area contributed by atoms with Crippen LogP contribution in [-0.2, 0) is 6.61 Å². The van der Waals surface area contributed by atoms with Gasteiger partial charge in [-0.15, -0.1) is 0 Å². The summed E-state index contributed by atoms with van der Waals surface area (Å²) in [6.07, 6.45) is 0. The largest absolute Gasteiger partial charge is 0.485 e. The monoisotopic (exact) mass is 360 g/mol. The highest BCUT2D eigenvalue weighted by molar-refractivity contribution is 6.39. The van der Waals surface area contributed by atoms with Gasteiger partial charge >= 0.3 is 0 Å². The number of halogens is 2. The first-order chi connectivity index (χ1) is 11.5. The van der Waals surface area contributed by atoms with Crippen molar-refractivity contribution in [1.29, 1.82) is 0 Å². The summed E-state index contributed by atoms with van der Waals surface area (Å²) in [4.78, 5) is 15.6. The molecule has 2 N–H and O–H groups in total. The van der Waals surface area contributed by atoms with E-state index in [-0.39, 0.29) is 6.61 Å². The molecule has 0 atom stereocenters. The molecular weight excluding hydrogens is 347 g/mol. The van der Waals surface area contributed by atoms with E-state index < -0.39 is 5.91 Å². The zero-order valence-electron chi connectivity index (χ0n) is 12.8. The lowest BCUT2D eigenvalue weighted by molar-refractivity contribution is 0.1000. The second-order valence-electron chi connectivity index (χ2n) is 5.37. The number of fused-ring (bicyclic) bond motifs is 1. The SMILES string of the molecule is Cc1ccc2c(Cl)cc(Cl)c(OCc3ccc(C(N)=O)cc3)c2n1. The molecule has 122 valence electrons. The van der Waals surface area contributed by atoms with Crippen molar-refractivity contribution in [2.75, 3.05) is 0 Å². The van der Waals surface area contributed by atoms with Crippen molar-refractivity contribution in [2.45, 2.75) is 13.5 Å². The minimum absolute atomic E-state index is 0.283. The van der Waals surface area contributed by atoms with E-state index in [1.165, 1.54) is 0 Å². The Morgan fingerprint density at radius 1 is 1.12 bits per heavy atom. The summed E-state index contributed by atoms with van der Waals surface area (Å²) in [5.41, 5.74) is 8.03. The Morgan fingerprint density at radius 2 is 1.83 bits per heavy atom. The number of hydrogen-bond acceptors (Lipinski definition) is 3. The van der Waals surface area contributed by atoms with Crippen molar-refractivity contribution in [1.82, 2.24) is 4.98 Å². The number of aromatic nitrogens is 1. The minimum Gasteiger partial charge on any atom is -0.485 e. The molecule has 6 heteroatoms. The summed E-state index contributed by atoms with van der Waals surface area (Å²) < 4.78 is 5.88. The number of carbonyl (C=O) groups excluding carboxylic acids is 1. The summed E-state index contributed by atoms with van der Waals surface area (Å²) in [6, 6.07) is 12.3. The number of hydrogen-bond donors (Lipinski definition) is 1. The minimum atomic E-state index is -0.464. The van der Waals surface area contributed by atoms with E-state index in [2.05, 4.69) is 4.98 Å². The standard InChI is InChI=1S/C18H14Cl2N2O2/c1-10-2-7-13-14(19)8-15(20)17(16(13)22-10)24-9-11-3-5-12(6-4-11)18(21)23/h2-8H,9H2,1H3,(H2,21,23).